The fourth-order valence-electron chi connectivity index (χ4n) is 1.42. The molecule has 0 unspecified atom stereocenters. The van der Waals surface area contributed by atoms with Crippen molar-refractivity contribution in [2.45, 2.75) is 18.3 Å². The van der Waals surface area contributed by atoms with Gasteiger partial charge in [-0.2, -0.15) is 18.1 Å². The topological polar surface area (TPSA) is 23.8 Å². The molecule has 3 heteroatoms. The van der Waals surface area contributed by atoms with Crippen LogP contribution in [-0.2, 0) is 26.5 Å². The van der Waals surface area contributed by atoms with Gasteiger partial charge < -0.3 is 13.8 Å². The average Bonchev–Trinajstić information content (AvgIpc) is 2.24. The summed E-state index contributed by atoms with van der Waals surface area (Å²) >= 11 is 0. The van der Waals surface area contributed by atoms with Crippen LogP contribution in [-0.4, -0.2) is 0 Å². The third-order valence-electron chi connectivity index (χ3n) is 2.46. The summed E-state index contributed by atoms with van der Waals surface area (Å²) in [5.74, 6) is -0.360. The molecule has 0 aliphatic carbocycles. The van der Waals surface area contributed by atoms with E-state index in [0.29, 0.717) is 18.4 Å². The van der Waals surface area contributed by atoms with Gasteiger partial charge in [0, 0.05) is 11.0 Å². The van der Waals surface area contributed by atoms with Gasteiger partial charge in [0.1, 0.15) is 5.82 Å². The van der Waals surface area contributed by atoms with Crippen LogP contribution in [0.2, 0.25) is 0 Å². The molecule has 0 saturated carbocycles. The van der Waals surface area contributed by atoms with E-state index in [9.17, 15) is 4.39 Å². The first-order chi connectivity index (χ1) is 6.70. The van der Waals surface area contributed by atoms with Crippen molar-refractivity contribution in [3.8, 4) is 6.07 Å². The van der Waals surface area contributed by atoms with Crippen LogP contribution in [0.5, 0.6) is 0 Å². The summed E-state index contributed by atoms with van der Waals surface area (Å²) in [5, 5.41) is 9.06. The van der Waals surface area contributed by atoms with Gasteiger partial charge in [0.25, 0.3) is 0 Å². The van der Waals surface area contributed by atoms with E-state index in [1.54, 1.807) is 18.2 Å². The fourth-order valence-corrected chi connectivity index (χ4v) is 1.42. The van der Waals surface area contributed by atoms with Crippen molar-refractivity contribution in [2.24, 2.45) is 0 Å². The van der Waals surface area contributed by atoms with Gasteiger partial charge in [-0.3, -0.25) is 0 Å². The van der Waals surface area contributed by atoms with E-state index in [0.717, 1.165) is 0 Å². The van der Waals surface area contributed by atoms with Crippen LogP contribution < -0.4 is 0 Å². The average molecular weight is 373 g/mol. The van der Waals surface area contributed by atoms with E-state index in [1.807, 2.05) is 0 Å². The summed E-state index contributed by atoms with van der Waals surface area (Å²) in [6.45, 7) is 7.38. The van der Waals surface area contributed by atoms with Crippen molar-refractivity contribution in [1.29, 1.82) is 5.26 Å². The second-order valence-electron chi connectivity index (χ2n) is 3.17. The molecule has 1 rings (SSSR count). The molecule has 0 bridgehead atoms. The fraction of sp³-hybridized carbons (Fsp3) is 0.250. The van der Waals surface area contributed by atoms with E-state index in [4.69, 9.17) is 5.26 Å². The summed E-state index contributed by atoms with van der Waals surface area (Å²) in [6.07, 6.45) is 0.655. The van der Waals surface area contributed by atoms with Crippen LogP contribution in [0.25, 0.3) is 0 Å². The molecule has 0 N–H and O–H groups in total. The number of nitrogens with zero attached hydrogens (tertiary/aromatic N) is 1. The molecule has 0 aromatic heterocycles. The van der Waals surface area contributed by atoms with E-state index < -0.39 is 5.41 Å². The van der Waals surface area contributed by atoms with Crippen LogP contribution in [0.15, 0.2) is 24.3 Å². The minimum absolute atomic E-state index is 0. The normalized spacial score (nSPS) is 10.3. The Morgan fingerprint density at radius 3 is 2.20 bits per heavy atom. The Hall–Kier alpha value is -0.672. The number of rotatable bonds is 3. The van der Waals surface area contributed by atoms with E-state index >= 15 is 0 Å². The number of halogens is 1. The van der Waals surface area contributed by atoms with Crippen LogP contribution >= 0.6 is 0 Å². The molecule has 0 saturated heterocycles. The Kier molecular flexibility index (Phi) is 5.76. The predicted octanol–water partition coefficient (Wildman–Crippen LogP) is 3.03. The second kappa shape index (κ2) is 6.03. The van der Waals surface area contributed by atoms with Gasteiger partial charge in [-0.15, -0.1) is 0 Å². The molecule has 0 atom stereocenters. The summed E-state index contributed by atoms with van der Waals surface area (Å²) in [6, 6.07) is 8.40. The van der Waals surface area contributed by atoms with E-state index in [2.05, 4.69) is 19.9 Å². The van der Waals surface area contributed by atoms with E-state index in [1.165, 1.54) is 6.07 Å². The zero-order valence-electron chi connectivity index (χ0n) is 8.37. The standard InChI is InChI=1S/C12H12FN.W/c1-3-12(4-2,9-14)10-7-5-6-8-11(10)13;/h5-8H,1-4H2;/q-2;+2. The molecule has 15 heavy (non-hydrogen) atoms. The van der Waals surface area contributed by atoms with Crippen molar-refractivity contribution < 1.29 is 25.5 Å². The Labute approximate surface area is 105 Å². The van der Waals surface area contributed by atoms with Gasteiger partial charge in [-0.25, -0.2) is 4.39 Å². The van der Waals surface area contributed by atoms with Crippen molar-refractivity contribution in [3.63, 3.8) is 0 Å². The smallest absolute Gasteiger partial charge is 0.342 e. The summed E-state index contributed by atoms with van der Waals surface area (Å²) < 4.78 is 13.4. The number of hydrogen-bond acceptors (Lipinski definition) is 1. The van der Waals surface area contributed by atoms with Crippen LogP contribution in [0.3, 0.4) is 0 Å². The van der Waals surface area contributed by atoms with Crippen LogP contribution in [0.1, 0.15) is 18.4 Å². The quantitative estimate of drug-likeness (QED) is 0.748. The first-order valence-electron chi connectivity index (χ1n) is 4.45. The Bertz CT molecular complexity index is 353. The van der Waals surface area contributed by atoms with Crippen LogP contribution in [0.4, 0.5) is 4.39 Å². The number of nitriles is 1. The van der Waals surface area contributed by atoms with E-state index in [-0.39, 0.29) is 26.9 Å². The van der Waals surface area contributed by atoms with Gasteiger partial charge in [0.15, 0.2) is 0 Å². The predicted molar refractivity (Wildman–Crippen MR) is 53.6 cm³/mol. The van der Waals surface area contributed by atoms with Gasteiger partial charge >= 0.3 is 21.1 Å². The molecule has 78 valence electrons. The molecule has 1 aromatic rings. The summed E-state index contributed by atoms with van der Waals surface area (Å²) in [7, 11) is 0. The molecule has 0 aliphatic rings. The third kappa shape index (κ3) is 2.67. The third-order valence-corrected chi connectivity index (χ3v) is 2.46. The monoisotopic (exact) mass is 373 g/mol. The molecule has 0 spiro atoms. The maximum absolute atomic E-state index is 13.4. The van der Waals surface area contributed by atoms with Gasteiger partial charge in [-0.05, 0) is 6.07 Å². The maximum atomic E-state index is 13.4. The van der Waals surface area contributed by atoms with Gasteiger partial charge in [0.05, 0.1) is 6.07 Å². The molecule has 0 amide bonds. The summed E-state index contributed by atoms with van der Waals surface area (Å²) in [4.78, 5) is 0. The van der Waals surface area contributed by atoms with Crippen molar-refractivity contribution in [2.75, 3.05) is 0 Å². The summed E-state index contributed by atoms with van der Waals surface area (Å²) in [5.41, 5.74) is -0.488. The Morgan fingerprint density at radius 2 is 1.80 bits per heavy atom. The van der Waals surface area contributed by atoms with Crippen LogP contribution in [0, 0.1) is 31.0 Å². The SMILES string of the molecule is [CH2-]CC(C#N)(C[CH2-])c1ccccc1F.[W+2]. The van der Waals surface area contributed by atoms with Gasteiger partial charge in [-0.1, -0.05) is 18.2 Å². The number of benzene rings is 1. The molecular weight excluding hydrogens is 361 g/mol. The first kappa shape index (κ1) is 14.3. The minimum atomic E-state index is -0.884. The molecule has 0 radical (unpaired) electrons. The minimum Gasteiger partial charge on any atom is -0.342 e. The zero-order chi connectivity index (χ0) is 10.6. The molecule has 1 nitrogen and oxygen atoms in total. The molecule has 0 fully saturated rings. The maximum Gasteiger partial charge on any atom is 2.00 e. The van der Waals surface area contributed by atoms with Crippen molar-refractivity contribution in [3.05, 3.63) is 49.5 Å². The molecule has 1 aromatic carbocycles. The first-order valence-corrected chi connectivity index (χ1v) is 4.45. The van der Waals surface area contributed by atoms with Gasteiger partial charge in [0.2, 0.25) is 0 Å². The Morgan fingerprint density at radius 1 is 1.27 bits per heavy atom. The second-order valence-corrected chi connectivity index (χ2v) is 3.17. The molecule has 0 aliphatic heterocycles. The molecular formula is C12H12FNW. The number of hydrogen-bond donors (Lipinski definition) is 0. The van der Waals surface area contributed by atoms with Crippen molar-refractivity contribution in [1.82, 2.24) is 0 Å². The molecule has 0 heterocycles. The largest absolute Gasteiger partial charge is 2.00 e. The zero-order valence-corrected chi connectivity index (χ0v) is 11.3. The van der Waals surface area contributed by atoms with Crippen molar-refractivity contribution >= 4 is 0 Å². The Balaban J connectivity index is 0.00000196.